The van der Waals surface area contributed by atoms with Gasteiger partial charge in [-0.2, -0.15) is 0 Å². The van der Waals surface area contributed by atoms with Crippen LogP contribution in [0.4, 0.5) is 0 Å². The number of rotatable bonds is 7. The van der Waals surface area contributed by atoms with Crippen LogP contribution >= 0.6 is 15.9 Å². The van der Waals surface area contributed by atoms with E-state index in [4.69, 9.17) is 9.47 Å². The highest BCUT2D eigenvalue weighted by molar-refractivity contribution is 9.10. The Morgan fingerprint density at radius 1 is 1.00 bits per heavy atom. The van der Waals surface area contributed by atoms with Crippen LogP contribution in [0.15, 0.2) is 22.7 Å². The summed E-state index contributed by atoms with van der Waals surface area (Å²) in [6, 6.07) is 6.32. The van der Waals surface area contributed by atoms with Crippen LogP contribution in [-0.4, -0.2) is 44.9 Å². The second kappa shape index (κ2) is 10.1. The van der Waals surface area contributed by atoms with Crippen molar-refractivity contribution in [2.75, 3.05) is 33.9 Å². The van der Waals surface area contributed by atoms with Crippen molar-refractivity contribution < 1.29 is 9.47 Å². The fourth-order valence-corrected chi connectivity index (χ4v) is 4.99. The van der Waals surface area contributed by atoms with Crippen LogP contribution in [0.1, 0.15) is 50.5 Å². The standard InChI is InChI=1S/C22H34BrNO2/c1-25-20-5-3-17(4-6-20)9-12-24-13-10-18(11-14-24)15-19-16-21(26-2)7-8-22(19)23/h7-8,16-18,20H,3-6,9-15H2,1-2H3. The predicted molar refractivity (Wildman–Crippen MR) is 111 cm³/mol. The minimum atomic E-state index is 0.526. The average Bonchev–Trinajstić information content (AvgIpc) is 2.69. The number of hydrogen-bond acceptors (Lipinski definition) is 3. The minimum absolute atomic E-state index is 0.526. The molecule has 1 aliphatic carbocycles. The van der Waals surface area contributed by atoms with Crippen LogP contribution < -0.4 is 4.74 Å². The Morgan fingerprint density at radius 3 is 2.38 bits per heavy atom. The van der Waals surface area contributed by atoms with E-state index in [0.29, 0.717) is 6.10 Å². The molecular formula is C22H34BrNO2. The monoisotopic (exact) mass is 423 g/mol. The molecule has 1 heterocycles. The molecule has 0 amide bonds. The number of piperidine rings is 1. The zero-order valence-electron chi connectivity index (χ0n) is 16.4. The van der Waals surface area contributed by atoms with E-state index in [-0.39, 0.29) is 0 Å². The van der Waals surface area contributed by atoms with Gasteiger partial charge in [-0.05, 0) is 107 Å². The normalized spacial score (nSPS) is 25.3. The van der Waals surface area contributed by atoms with Gasteiger partial charge in [-0.1, -0.05) is 15.9 Å². The maximum Gasteiger partial charge on any atom is 0.119 e. The van der Waals surface area contributed by atoms with Gasteiger partial charge in [0.25, 0.3) is 0 Å². The molecule has 0 N–H and O–H groups in total. The lowest BCUT2D eigenvalue weighted by Crippen LogP contribution is -2.36. The van der Waals surface area contributed by atoms with Gasteiger partial charge in [0.05, 0.1) is 13.2 Å². The summed E-state index contributed by atoms with van der Waals surface area (Å²) in [4.78, 5) is 2.69. The van der Waals surface area contributed by atoms with Crippen molar-refractivity contribution >= 4 is 15.9 Å². The Bertz CT molecular complexity index is 549. The third kappa shape index (κ3) is 5.71. The molecule has 1 aromatic rings. The molecule has 1 saturated carbocycles. The molecule has 0 aromatic heterocycles. The summed E-state index contributed by atoms with van der Waals surface area (Å²) in [7, 11) is 3.60. The van der Waals surface area contributed by atoms with Gasteiger partial charge < -0.3 is 14.4 Å². The van der Waals surface area contributed by atoms with E-state index in [0.717, 1.165) is 24.0 Å². The molecule has 1 aliphatic heterocycles. The Morgan fingerprint density at radius 2 is 1.73 bits per heavy atom. The Hall–Kier alpha value is -0.580. The summed E-state index contributed by atoms with van der Waals surface area (Å²) < 4.78 is 12.1. The number of methoxy groups -OCH3 is 2. The van der Waals surface area contributed by atoms with Gasteiger partial charge in [0.15, 0.2) is 0 Å². The number of ether oxygens (including phenoxy) is 2. The molecule has 1 saturated heterocycles. The topological polar surface area (TPSA) is 21.7 Å². The molecule has 0 radical (unpaired) electrons. The third-order valence-electron chi connectivity index (χ3n) is 6.45. The molecule has 2 fully saturated rings. The smallest absolute Gasteiger partial charge is 0.119 e. The Kier molecular flexibility index (Phi) is 7.83. The SMILES string of the molecule is COc1ccc(Br)c(CC2CCN(CCC3CCC(OC)CC3)CC2)c1. The van der Waals surface area contributed by atoms with E-state index in [2.05, 4.69) is 33.0 Å². The highest BCUT2D eigenvalue weighted by Crippen LogP contribution is 2.31. The van der Waals surface area contributed by atoms with Crippen molar-refractivity contribution in [3.8, 4) is 5.75 Å². The number of hydrogen-bond donors (Lipinski definition) is 0. The lowest BCUT2D eigenvalue weighted by molar-refractivity contribution is 0.0527. The molecule has 0 bridgehead atoms. The molecule has 0 spiro atoms. The van der Waals surface area contributed by atoms with Gasteiger partial charge in [0.2, 0.25) is 0 Å². The van der Waals surface area contributed by atoms with Crippen molar-refractivity contribution in [1.29, 1.82) is 0 Å². The molecule has 26 heavy (non-hydrogen) atoms. The van der Waals surface area contributed by atoms with Gasteiger partial charge in [0.1, 0.15) is 5.75 Å². The van der Waals surface area contributed by atoms with Crippen molar-refractivity contribution in [2.24, 2.45) is 11.8 Å². The zero-order valence-corrected chi connectivity index (χ0v) is 18.0. The molecule has 3 rings (SSSR count). The number of likely N-dealkylation sites (tertiary alicyclic amines) is 1. The first-order chi connectivity index (χ1) is 12.7. The van der Waals surface area contributed by atoms with Crippen LogP contribution in [0.2, 0.25) is 0 Å². The van der Waals surface area contributed by atoms with Crippen LogP contribution in [0.3, 0.4) is 0 Å². The van der Waals surface area contributed by atoms with Gasteiger partial charge in [-0.25, -0.2) is 0 Å². The van der Waals surface area contributed by atoms with Gasteiger partial charge in [-0.3, -0.25) is 0 Å². The van der Waals surface area contributed by atoms with Crippen LogP contribution in [0.25, 0.3) is 0 Å². The van der Waals surface area contributed by atoms with Crippen molar-refractivity contribution in [3.05, 3.63) is 28.2 Å². The molecule has 0 unspecified atom stereocenters. The molecule has 146 valence electrons. The maximum absolute atomic E-state index is 5.50. The maximum atomic E-state index is 5.50. The summed E-state index contributed by atoms with van der Waals surface area (Å²) in [6.07, 6.45) is 10.9. The second-order valence-corrected chi connectivity index (χ2v) is 8.97. The molecule has 4 heteroatoms. The summed E-state index contributed by atoms with van der Waals surface area (Å²) in [5, 5.41) is 0. The van der Waals surface area contributed by atoms with Crippen LogP contribution in [0, 0.1) is 11.8 Å². The molecule has 3 nitrogen and oxygen atoms in total. The van der Waals surface area contributed by atoms with E-state index < -0.39 is 0 Å². The number of benzene rings is 1. The van der Waals surface area contributed by atoms with E-state index >= 15 is 0 Å². The quantitative estimate of drug-likeness (QED) is 0.592. The lowest BCUT2D eigenvalue weighted by Gasteiger charge is -2.34. The Balaban J connectivity index is 1.38. The van der Waals surface area contributed by atoms with Crippen LogP contribution in [-0.2, 0) is 11.2 Å². The zero-order chi connectivity index (χ0) is 18.4. The number of nitrogens with zero attached hydrogens (tertiary/aromatic N) is 1. The van der Waals surface area contributed by atoms with Crippen molar-refractivity contribution in [1.82, 2.24) is 4.90 Å². The second-order valence-electron chi connectivity index (χ2n) is 8.11. The highest BCUT2D eigenvalue weighted by atomic mass is 79.9. The first-order valence-corrected chi connectivity index (χ1v) is 11.0. The van der Waals surface area contributed by atoms with Gasteiger partial charge >= 0.3 is 0 Å². The average molecular weight is 424 g/mol. The minimum Gasteiger partial charge on any atom is -0.497 e. The van der Waals surface area contributed by atoms with E-state index in [1.165, 1.54) is 74.6 Å². The molecule has 2 aliphatic rings. The summed E-state index contributed by atoms with van der Waals surface area (Å²) in [5.74, 6) is 2.68. The van der Waals surface area contributed by atoms with Crippen molar-refractivity contribution in [2.45, 2.75) is 57.5 Å². The van der Waals surface area contributed by atoms with Crippen molar-refractivity contribution in [3.63, 3.8) is 0 Å². The molecule has 1 aromatic carbocycles. The third-order valence-corrected chi connectivity index (χ3v) is 7.22. The number of halogens is 1. The predicted octanol–water partition coefficient (Wildman–Crippen LogP) is 5.31. The highest BCUT2D eigenvalue weighted by Gasteiger charge is 2.24. The lowest BCUT2D eigenvalue weighted by atomic mass is 9.85. The van der Waals surface area contributed by atoms with Gasteiger partial charge in [0, 0.05) is 11.6 Å². The van der Waals surface area contributed by atoms with E-state index in [1.807, 2.05) is 13.2 Å². The fourth-order valence-electron chi connectivity index (χ4n) is 4.58. The molecular weight excluding hydrogens is 390 g/mol. The largest absolute Gasteiger partial charge is 0.497 e. The van der Waals surface area contributed by atoms with E-state index in [9.17, 15) is 0 Å². The first kappa shape index (κ1) is 20.2. The van der Waals surface area contributed by atoms with Gasteiger partial charge in [-0.15, -0.1) is 0 Å². The summed E-state index contributed by atoms with van der Waals surface area (Å²) >= 11 is 3.70. The summed E-state index contributed by atoms with van der Waals surface area (Å²) in [6.45, 7) is 3.82. The van der Waals surface area contributed by atoms with Crippen LogP contribution in [0.5, 0.6) is 5.75 Å². The fraction of sp³-hybridized carbons (Fsp3) is 0.727. The summed E-state index contributed by atoms with van der Waals surface area (Å²) in [5.41, 5.74) is 1.39. The first-order valence-electron chi connectivity index (χ1n) is 10.3. The molecule has 0 atom stereocenters. The Labute approximate surface area is 167 Å². The van der Waals surface area contributed by atoms with E-state index in [1.54, 1.807) is 7.11 Å².